The van der Waals surface area contributed by atoms with E-state index >= 15 is 0 Å². The Balaban J connectivity index is 1.64. The molecule has 168 valence electrons. The zero-order valence-electron chi connectivity index (χ0n) is 18.3. The van der Waals surface area contributed by atoms with Gasteiger partial charge in [0.15, 0.2) is 0 Å². The predicted molar refractivity (Wildman–Crippen MR) is 122 cm³/mol. The number of benzene rings is 2. The maximum atomic E-state index is 13.1. The lowest BCUT2D eigenvalue weighted by molar-refractivity contribution is 0.0706. The van der Waals surface area contributed by atoms with Gasteiger partial charge in [0, 0.05) is 17.7 Å². The molecule has 0 saturated carbocycles. The first kappa shape index (κ1) is 21.9. The predicted octanol–water partition coefficient (Wildman–Crippen LogP) is 4.28. The zero-order valence-corrected chi connectivity index (χ0v) is 18.3. The number of H-pyrrole nitrogens is 1. The second-order valence-electron chi connectivity index (χ2n) is 7.98. The third-order valence-corrected chi connectivity index (χ3v) is 5.83. The summed E-state index contributed by atoms with van der Waals surface area (Å²) in [4.78, 5) is 14.7. The van der Waals surface area contributed by atoms with E-state index in [2.05, 4.69) is 17.1 Å². The van der Waals surface area contributed by atoms with Gasteiger partial charge in [-0.15, -0.1) is 0 Å². The van der Waals surface area contributed by atoms with Crippen LogP contribution >= 0.6 is 0 Å². The molecule has 2 aromatic carbocycles. The summed E-state index contributed by atoms with van der Waals surface area (Å²) in [6.07, 6.45) is 4.59. The number of phenols is 1. The smallest absolute Gasteiger partial charge is 0.273 e. The SMILES string of the molecule is CCCCCCOc1ccc([C@@H]2c3c(-c4ccccc4O)n[nH]c3C(=O)N2CCO)cc1. The highest BCUT2D eigenvalue weighted by Gasteiger charge is 2.42. The normalized spacial score (nSPS) is 15.2. The maximum Gasteiger partial charge on any atom is 0.273 e. The molecule has 32 heavy (non-hydrogen) atoms. The zero-order chi connectivity index (χ0) is 22.5. The summed E-state index contributed by atoms with van der Waals surface area (Å²) in [6.45, 7) is 2.91. The van der Waals surface area contributed by atoms with Gasteiger partial charge in [0.1, 0.15) is 22.9 Å². The standard InChI is InChI=1S/C25H29N3O4/c1-2-3-4-7-16-32-18-12-10-17(11-13-18)24-21-22(19-8-5-6-9-20(19)30)26-27-23(21)25(31)28(24)14-15-29/h5-6,8-13,24,29-30H,2-4,7,14-16H2,1H3,(H,26,27)/t24-/m1/s1. The minimum absolute atomic E-state index is 0.0976. The fourth-order valence-corrected chi connectivity index (χ4v) is 4.23. The molecular weight excluding hydrogens is 406 g/mol. The number of carbonyl (C=O) groups is 1. The average Bonchev–Trinajstić information content (AvgIpc) is 3.34. The lowest BCUT2D eigenvalue weighted by Crippen LogP contribution is -2.32. The van der Waals surface area contributed by atoms with E-state index in [-0.39, 0.29) is 24.8 Å². The number of rotatable bonds is 10. The first-order valence-electron chi connectivity index (χ1n) is 11.2. The number of fused-ring (bicyclic) bond motifs is 1. The Morgan fingerprint density at radius 3 is 2.59 bits per heavy atom. The van der Waals surface area contributed by atoms with Crippen molar-refractivity contribution in [3.05, 3.63) is 65.4 Å². The monoisotopic (exact) mass is 435 g/mol. The lowest BCUT2D eigenvalue weighted by atomic mass is 9.95. The van der Waals surface area contributed by atoms with Crippen LogP contribution in [0.2, 0.25) is 0 Å². The summed E-state index contributed by atoms with van der Waals surface area (Å²) in [5, 5.41) is 27.1. The van der Waals surface area contributed by atoms with Crippen LogP contribution in [0.3, 0.4) is 0 Å². The van der Waals surface area contributed by atoms with Crippen LogP contribution in [0.1, 0.15) is 60.3 Å². The van der Waals surface area contributed by atoms with Gasteiger partial charge in [0.2, 0.25) is 0 Å². The van der Waals surface area contributed by atoms with Gasteiger partial charge in [-0.25, -0.2) is 0 Å². The number of hydrogen-bond acceptors (Lipinski definition) is 5. The largest absolute Gasteiger partial charge is 0.507 e. The molecule has 0 unspecified atom stereocenters. The molecule has 7 heteroatoms. The van der Waals surface area contributed by atoms with E-state index in [9.17, 15) is 15.0 Å². The number of aromatic nitrogens is 2. The van der Waals surface area contributed by atoms with Crippen LogP contribution < -0.4 is 4.74 Å². The number of aromatic hydroxyl groups is 1. The molecule has 1 aliphatic heterocycles. The number of β-amino-alcohol motifs (C(OH)–C–C–N with tert-alkyl or cyclic N) is 1. The second kappa shape index (κ2) is 9.87. The van der Waals surface area contributed by atoms with Crippen molar-refractivity contribution in [2.75, 3.05) is 19.8 Å². The number of aromatic amines is 1. The van der Waals surface area contributed by atoms with E-state index < -0.39 is 6.04 Å². The highest BCUT2D eigenvalue weighted by molar-refractivity contribution is 6.00. The summed E-state index contributed by atoms with van der Waals surface area (Å²) in [5.41, 5.74) is 3.08. The van der Waals surface area contributed by atoms with Crippen LogP contribution in [0.4, 0.5) is 0 Å². The van der Waals surface area contributed by atoms with E-state index in [1.807, 2.05) is 30.3 Å². The Bertz CT molecular complexity index is 1060. The molecule has 1 amide bonds. The Kier molecular flexibility index (Phi) is 6.75. The third kappa shape index (κ3) is 4.21. The van der Waals surface area contributed by atoms with Crippen molar-refractivity contribution in [1.82, 2.24) is 15.1 Å². The molecule has 0 fully saturated rings. The topological polar surface area (TPSA) is 98.7 Å². The minimum atomic E-state index is -0.420. The number of aliphatic hydroxyl groups excluding tert-OH is 1. The molecule has 0 aliphatic carbocycles. The van der Waals surface area contributed by atoms with Crippen molar-refractivity contribution in [3.8, 4) is 22.8 Å². The molecule has 1 aliphatic rings. The van der Waals surface area contributed by atoms with Gasteiger partial charge in [0.25, 0.3) is 5.91 Å². The van der Waals surface area contributed by atoms with Crippen LogP contribution in [0.25, 0.3) is 11.3 Å². The molecule has 1 atom stereocenters. The number of amides is 1. The number of phenolic OH excluding ortho intramolecular Hbond substituents is 1. The summed E-state index contributed by atoms with van der Waals surface area (Å²) < 4.78 is 5.86. The van der Waals surface area contributed by atoms with Gasteiger partial charge >= 0.3 is 0 Å². The van der Waals surface area contributed by atoms with Crippen LogP contribution in [0.5, 0.6) is 11.5 Å². The second-order valence-corrected chi connectivity index (χ2v) is 7.98. The van der Waals surface area contributed by atoms with Crippen LogP contribution in [-0.2, 0) is 0 Å². The number of ether oxygens (including phenoxy) is 1. The Morgan fingerprint density at radius 2 is 1.88 bits per heavy atom. The van der Waals surface area contributed by atoms with Crippen molar-refractivity contribution in [2.45, 2.75) is 38.6 Å². The summed E-state index contributed by atoms with van der Waals surface area (Å²) in [7, 11) is 0. The van der Waals surface area contributed by atoms with Crippen molar-refractivity contribution < 1.29 is 19.7 Å². The van der Waals surface area contributed by atoms with Crippen LogP contribution in [0.15, 0.2) is 48.5 Å². The molecule has 0 saturated heterocycles. The van der Waals surface area contributed by atoms with Gasteiger partial charge in [0.05, 0.1) is 19.3 Å². The van der Waals surface area contributed by atoms with E-state index in [4.69, 9.17) is 4.74 Å². The number of carbonyl (C=O) groups excluding carboxylic acids is 1. The van der Waals surface area contributed by atoms with Crippen LogP contribution in [-0.4, -0.2) is 51.0 Å². The van der Waals surface area contributed by atoms with Gasteiger partial charge in [-0.3, -0.25) is 9.89 Å². The summed E-state index contributed by atoms with van der Waals surface area (Å²) >= 11 is 0. The highest BCUT2D eigenvalue weighted by Crippen LogP contribution is 2.44. The number of hydrogen-bond donors (Lipinski definition) is 3. The number of unbranched alkanes of at least 4 members (excludes halogenated alkanes) is 3. The van der Waals surface area contributed by atoms with Crippen molar-refractivity contribution in [3.63, 3.8) is 0 Å². The molecule has 7 nitrogen and oxygen atoms in total. The maximum absolute atomic E-state index is 13.1. The van der Waals surface area contributed by atoms with Gasteiger partial charge in [-0.05, 0) is 36.2 Å². The third-order valence-electron chi connectivity index (χ3n) is 5.83. The van der Waals surface area contributed by atoms with Gasteiger partial charge in [-0.2, -0.15) is 5.10 Å². The Labute approximate surface area is 187 Å². The van der Waals surface area contributed by atoms with E-state index in [1.54, 1.807) is 23.1 Å². The summed E-state index contributed by atoms with van der Waals surface area (Å²) in [5.74, 6) is 0.668. The van der Waals surface area contributed by atoms with Crippen molar-refractivity contribution in [1.29, 1.82) is 0 Å². The Morgan fingerprint density at radius 1 is 1.09 bits per heavy atom. The van der Waals surface area contributed by atoms with E-state index in [0.29, 0.717) is 29.1 Å². The first-order valence-corrected chi connectivity index (χ1v) is 11.2. The van der Waals surface area contributed by atoms with Crippen LogP contribution in [0, 0.1) is 0 Å². The molecule has 0 bridgehead atoms. The summed E-state index contributed by atoms with van der Waals surface area (Å²) in [6, 6.07) is 14.2. The average molecular weight is 436 g/mol. The van der Waals surface area contributed by atoms with Crippen molar-refractivity contribution in [2.24, 2.45) is 0 Å². The molecule has 1 aromatic heterocycles. The molecular formula is C25H29N3O4. The van der Waals surface area contributed by atoms with E-state index in [0.717, 1.165) is 24.2 Å². The quantitative estimate of drug-likeness (QED) is 0.413. The molecule has 2 heterocycles. The molecule has 0 radical (unpaired) electrons. The lowest BCUT2D eigenvalue weighted by Gasteiger charge is -2.25. The fraction of sp³-hybridized carbons (Fsp3) is 0.360. The highest BCUT2D eigenvalue weighted by atomic mass is 16.5. The van der Waals surface area contributed by atoms with E-state index in [1.165, 1.54) is 12.8 Å². The molecule has 0 spiro atoms. The number of aliphatic hydroxyl groups is 1. The first-order chi connectivity index (χ1) is 15.7. The number of para-hydroxylation sites is 1. The van der Waals surface area contributed by atoms with Gasteiger partial charge < -0.3 is 19.8 Å². The number of nitrogens with one attached hydrogen (secondary N) is 1. The molecule has 3 N–H and O–H groups in total. The Hall–Kier alpha value is -3.32. The van der Waals surface area contributed by atoms with Gasteiger partial charge in [-0.1, -0.05) is 50.5 Å². The number of nitrogens with zero attached hydrogens (tertiary/aromatic N) is 2. The molecule has 3 aromatic rings. The van der Waals surface area contributed by atoms with Crippen molar-refractivity contribution >= 4 is 5.91 Å². The molecule has 4 rings (SSSR count). The minimum Gasteiger partial charge on any atom is -0.507 e. The fourth-order valence-electron chi connectivity index (χ4n) is 4.23.